The molecule has 0 bridgehead atoms. The number of halogens is 1. The number of benzene rings is 1. The number of aryl methyl sites for hydroxylation is 2. The minimum Gasteiger partial charge on any atom is -0.488 e. The number of rotatable bonds is 5. The molecule has 1 aromatic carbocycles. The molecular formula is C21H24BrNO3S. The third-order valence-corrected chi connectivity index (χ3v) is 7.21. The summed E-state index contributed by atoms with van der Waals surface area (Å²) in [6.07, 6.45) is 2.76. The summed E-state index contributed by atoms with van der Waals surface area (Å²) in [6, 6.07) is 9.67. The van der Waals surface area contributed by atoms with E-state index in [0.29, 0.717) is 6.54 Å². The van der Waals surface area contributed by atoms with Crippen LogP contribution >= 0.6 is 27.3 Å². The summed E-state index contributed by atoms with van der Waals surface area (Å²) in [5.41, 5.74) is 0.916. The summed E-state index contributed by atoms with van der Waals surface area (Å²) >= 11 is 5.15. The maximum Gasteiger partial charge on any atom is 0.168 e. The molecule has 4 atom stereocenters. The van der Waals surface area contributed by atoms with Crippen molar-refractivity contribution in [1.82, 2.24) is 5.32 Å². The van der Waals surface area contributed by atoms with Gasteiger partial charge in [-0.1, -0.05) is 15.9 Å². The van der Waals surface area contributed by atoms with Crippen LogP contribution in [-0.2, 0) is 6.42 Å². The number of nitrogens with one attached hydrogen (secondary N) is 1. The Morgan fingerprint density at radius 3 is 2.81 bits per heavy atom. The summed E-state index contributed by atoms with van der Waals surface area (Å²) in [4.78, 5) is 15.2. The predicted molar refractivity (Wildman–Crippen MR) is 111 cm³/mol. The Labute approximate surface area is 172 Å². The molecule has 1 fully saturated rings. The Morgan fingerprint density at radius 1 is 1.26 bits per heavy atom. The van der Waals surface area contributed by atoms with Crippen molar-refractivity contribution in [3.05, 3.63) is 50.1 Å². The number of ketones is 1. The van der Waals surface area contributed by atoms with Gasteiger partial charge in [-0.05, 0) is 62.9 Å². The highest BCUT2D eigenvalue weighted by Gasteiger charge is 2.37. The maximum atomic E-state index is 12.7. The second kappa shape index (κ2) is 8.03. The van der Waals surface area contributed by atoms with Gasteiger partial charge in [-0.25, -0.2) is 0 Å². The summed E-state index contributed by atoms with van der Waals surface area (Å²) in [5, 5.41) is 14.1. The van der Waals surface area contributed by atoms with Gasteiger partial charge in [-0.2, -0.15) is 0 Å². The molecular weight excluding hydrogens is 426 g/mol. The van der Waals surface area contributed by atoms with Gasteiger partial charge in [-0.15, -0.1) is 11.3 Å². The van der Waals surface area contributed by atoms with Gasteiger partial charge in [0.05, 0.1) is 0 Å². The molecule has 1 aromatic heterocycles. The van der Waals surface area contributed by atoms with Gasteiger partial charge in [0.15, 0.2) is 5.78 Å². The first-order chi connectivity index (χ1) is 13.0. The fourth-order valence-electron chi connectivity index (χ4n) is 4.09. The van der Waals surface area contributed by atoms with Gasteiger partial charge < -0.3 is 15.2 Å². The smallest absolute Gasteiger partial charge is 0.168 e. The standard InChI is InChI=1S/C21H24BrNO3S/c1-12-10-16-19(27-12)9-2-13(20(16)24)11-23-17-7-8-18(21(17)25)26-15-5-3-14(22)4-6-15/h3-6,10,13,17-18,21,23,25H,2,7-9,11H2,1H3/t13?,17-,18-,21+/m1/s1. The van der Waals surface area contributed by atoms with Gasteiger partial charge in [0.25, 0.3) is 0 Å². The largest absolute Gasteiger partial charge is 0.488 e. The van der Waals surface area contributed by atoms with E-state index in [4.69, 9.17) is 4.74 Å². The average Bonchev–Trinajstić information content (AvgIpc) is 3.20. The normalized spacial score (nSPS) is 27.6. The molecule has 0 spiro atoms. The van der Waals surface area contributed by atoms with Crippen LogP contribution in [-0.4, -0.2) is 35.7 Å². The number of hydrogen-bond acceptors (Lipinski definition) is 5. The van der Waals surface area contributed by atoms with E-state index >= 15 is 0 Å². The molecule has 2 aliphatic rings. The van der Waals surface area contributed by atoms with Crippen molar-refractivity contribution in [2.24, 2.45) is 5.92 Å². The summed E-state index contributed by atoms with van der Waals surface area (Å²) in [5.74, 6) is 1.03. The van der Waals surface area contributed by atoms with Crippen LogP contribution in [0.15, 0.2) is 34.8 Å². The number of ether oxygens (including phenoxy) is 1. The van der Waals surface area contributed by atoms with Gasteiger partial charge in [-0.3, -0.25) is 4.79 Å². The van der Waals surface area contributed by atoms with E-state index in [1.807, 2.05) is 30.3 Å². The number of aliphatic hydroxyl groups is 1. The van der Waals surface area contributed by atoms with Crippen LogP contribution in [0.2, 0.25) is 0 Å². The second-order valence-electron chi connectivity index (χ2n) is 7.49. The third-order valence-electron chi connectivity index (χ3n) is 5.57. The van der Waals surface area contributed by atoms with Gasteiger partial charge >= 0.3 is 0 Å². The summed E-state index contributed by atoms with van der Waals surface area (Å²) in [7, 11) is 0. The summed E-state index contributed by atoms with van der Waals surface area (Å²) in [6.45, 7) is 2.68. The molecule has 0 radical (unpaired) electrons. The highest BCUT2D eigenvalue weighted by Crippen LogP contribution is 2.32. The first-order valence-electron chi connectivity index (χ1n) is 9.48. The molecule has 0 saturated heterocycles. The lowest BCUT2D eigenvalue weighted by Crippen LogP contribution is -2.44. The Hall–Kier alpha value is -1.21. The minimum atomic E-state index is -0.564. The van der Waals surface area contributed by atoms with Crippen LogP contribution in [0.3, 0.4) is 0 Å². The molecule has 0 amide bonds. The molecule has 0 aliphatic heterocycles. The first-order valence-corrected chi connectivity index (χ1v) is 11.1. The molecule has 27 heavy (non-hydrogen) atoms. The van der Waals surface area contributed by atoms with E-state index in [1.165, 1.54) is 9.75 Å². The lowest BCUT2D eigenvalue weighted by atomic mass is 9.87. The fourth-order valence-corrected chi connectivity index (χ4v) is 5.40. The van der Waals surface area contributed by atoms with E-state index < -0.39 is 6.10 Å². The highest BCUT2D eigenvalue weighted by atomic mass is 79.9. The molecule has 2 N–H and O–H groups in total. The number of carbonyl (C=O) groups excluding carboxylic acids is 1. The first kappa shape index (κ1) is 19.1. The van der Waals surface area contributed by atoms with Crippen LogP contribution in [0.25, 0.3) is 0 Å². The molecule has 1 heterocycles. The van der Waals surface area contributed by atoms with Crippen molar-refractivity contribution in [2.75, 3.05) is 6.54 Å². The Balaban J connectivity index is 1.31. The van der Waals surface area contributed by atoms with E-state index in [0.717, 1.165) is 41.5 Å². The van der Waals surface area contributed by atoms with Gasteiger partial charge in [0.1, 0.15) is 18.0 Å². The van der Waals surface area contributed by atoms with Crippen LogP contribution in [0.4, 0.5) is 0 Å². The van der Waals surface area contributed by atoms with Crippen molar-refractivity contribution < 1.29 is 14.6 Å². The minimum absolute atomic E-state index is 0.00476. The molecule has 6 heteroatoms. The molecule has 4 nitrogen and oxygen atoms in total. The molecule has 4 rings (SSSR count). The lowest BCUT2D eigenvalue weighted by Gasteiger charge is -2.25. The number of carbonyl (C=O) groups is 1. The van der Waals surface area contributed by atoms with E-state index in [2.05, 4.69) is 28.2 Å². The topological polar surface area (TPSA) is 58.6 Å². The van der Waals surface area contributed by atoms with Crippen molar-refractivity contribution in [3.8, 4) is 5.75 Å². The number of Topliss-reactive ketones (excluding diaryl/α,β-unsaturated/α-hetero) is 1. The monoisotopic (exact) mass is 449 g/mol. The van der Waals surface area contributed by atoms with Crippen molar-refractivity contribution >= 4 is 33.0 Å². The Bertz CT molecular complexity index is 819. The molecule has 144 valence electrons. The molecule has 1 saturated carbocycles. The number of fused-ring (bicyclic) bond motifs is 1. The fraction of sp³-hybridized carbons (Fsp3) is 0.476. The van der Waals surface area contributed by atoms with E-state index in [9.17, 15) is 9.90 Å². The van der Waals surface area contributed by atoms with Crippen LogP contribution in [0, 0.1) is 12.8 Å². The second-order valence-corrected chi connectivity index (χ2v) is 9.74. The van der Waals surface area contributed by atoms with Crippen molar-refractivity contribution in [1.29, 1.82) is 0 Å². The van der Waals surface area contributed by atoms with E-state index in [-0.39, 0.29) is 23.8 Å². The SMILES string of the molecule is Cc1cc2c(s1)CCC(CN[C@@H]1CC[C@@H](Oc3ccc(Br)cc3)[C@H]1O)C2=O. The zero-order chi connectivity index (χ0) is 19.0. The quantitative estimate of drug-likeness (QED) is 0.720. The average molecular weight is 450 g/mol. The summed E-state index contributed by atoms with van der Waals surface area (Å²) < 4.78 is 6.96. The number of aliphatic hydroxyl groups excluding tert-OH is 1. The van der Waals surface area contributed by atoms with Crippen molar-refractivity contribution in [3.63, 3.8) is 0 Å². The van der Waals surface area contributed by atoms with Crippen LogP contribution in [0.5, 0.6) is 5.75 Å². The van der Waals surface area contributed by atoms with Crippen LogP contribution in [0.1, 0.15) is 39.4 Å². The van der Waals surface area contributed by atoms with E-state index in [1.54, 1.807) is 11.3 Å². The Kier molecular flexibility index (Phi) is 5.69. The van der Waals surface area contributed by atoms with Gasteiger partial charge in [0, 0.05) is 38.3 Å². The molecule has 2 aliphatic carbocycles. The molecule has 2 aromatic rings. The number of thiophene rings is 1. The third kappa shape index (κ3) is 4.14. The maximum absolute atomic E-state index is 12.7. The van der Waals surface area contributed by atoms with Crippen LogP contribution < -0.4 is 10.1 Å². The predicted octanol–water partition coefficient (Wildman–Crippen LogP) is 4.12. The van der Waals surface area contributed by atoms with Crippen molar-refractivity contribution in [2.45, 2.75) is 50.9 Å². The zero-order valence-electron chi connectivity index (χ0n) is 15.3. The Morgan fingerprint density at radius 2 is 2.04 bits per heavy atom. The zero-order valence-corrected chi connectivity index (χ0v) is 17.7. The molecule has 1 unspecified atom stereocenters. The van der Waals surface area contributed by atoms with Gasteiger partial charge in [0.2, 0.25) is 0 Å². The highest BCUT2D eigenvalue weighted by molar-refractivity contribution is 9.10. The lowest BCUT2D eigenvalue weighted by molar-refractivity contribution is 0.0441. The number of hydrogen-bond donors (Lipinski definition) is 2.